The fourth-order valence-electron chi connectivity index (χ4n) is 2.04. The molecule has 0 rings (SSSR count). The van der Waals surface area contributed by atoms with Crippen LogP contribution >= 0.6 is 0 Å². The molecule has 0 aliphatic rings. The van der Waals surface area contributed by atoms with Gasteiger partial charge in [-0.25, -0.2) is 0 Å². The van der Waals surface area contributed by atoms with Crippen molar-refractivity contribution in [1.82, 2.24) is 15.1 Å². The number of hydrogen-bond acceptors (Lipinski definition) is 3. The molecule has 0 aromatic heterocycles. The first kappa shape index (κ1) is 20.8. The summed E-state index contributed by atoms with van der Waals surface area (Å²) in [6, 6.07) is 0. The van der Waals surface area contributed by atoms with E-state index >= 15 is 0 Å². The molecule has 0 fully saturated rings. The van der Waals surface area contributed by atoms with Gasteiger partial charge < -0.3 is 15.1 Å². The van der Waals surface area contributed by atoms with Crippen LogP contribution in [-0.4, -0.2) is 42.5 Å². The van der Waals surface area contributed by atoms with E-state index in [1.54, 1.807) is 12.2 Å². The number of nitrogens with zero attached hydrogens (tertiary/aromatic N) is 2. The van der Waals surface area contributed by atoms with Gasteiger partial charge in [0, 0.05) is 49.8 Å². The molecule has 0 bridgehead atoms. The average molecular weight is 316 g/mol. The summed E-state index contributed by atoms with van der Waals surface area (Å²) in [6.45, 7) is 29.9. The number of nitrogens with one attached hydrogen (secondary N) is 1. The van der Waals surface area contributed by atoms with E-state index in [1.165, 1.54) is 0 Å². The highest BCUT2D eigenvalue weighted by Gasteiger charge is 2.09. The molecule has 0 aliphatic heterocycles. The van der Waals surface area contributed by atoms with Gasteiger partial charge in [-0.2, -0.15) is 0 Å². The molecule has 23 heavy (non-hydrogen) atoms. The van der Waals surface area contributed by atoms with Crippen molar-refractivity contribution in [3.8, 4) is 0 Å². The summed E-state index contributed by atoms with van der Waals surface area (Å²) < 4.78 is 0. The van der Waals surface area contributed by atoms with Crippen LogP contribution in [0.4, 0.5) is 0 Å². The molecule has 0 radical (unpaired) electrons. The summed E-state index contributed by atoms with van der Waals surface area (Å²) >= 11 is 0. The Hall–Kier alpha value is -2.16. The lowest BCUT2D eigenvalue weighted by molar-refractivity contribution is 0.281. The summed E-state index contributed by atoms with van der Waals surface area (Å²) in [5.41, 5.74) is 2.93. The van der Waals surface area contributed by atoms with E-state index in [1.807, 2.05) is 6.08 Å². The minimum atomic E-state index is 0.842. The van der Waals surface area contributed by atoms with Crippen molar-refractivity contribution in [3.05, 3.63) is 74.8 Å². The summed E-state index contributed by atoms with van der Waals surface area (Å²) in [5, 5.41) is 3.33. The minimum absolute atomic E-state index is 0.842. The molecule has 0 saturated carbocycles. The van der Waals surface area contributed by atoms with Gasteiger partial charge in [-0.05, 0) is 25.0 Å². The summed E-state index contributed by atoms with van der Waals surface area (Å²) in [5.74, 6) is 0. The molecule has 0 atom stereocenters. The van der Waals surface area contributed by atoms with Gasteiger partial charge in [-0.15, -0.1) is 6.58 Å². The molecule has 1 N–H and O–H groups in total. The highest BCUT2D eigenvalue weighted by Crippen LogP contribution is 2.08. The van der Waals surface area contributed by atoms with Gasteiger partial charge in [-0.1, -0.05) is 45.9 Å². The predicted molar refractivity (Wildman–Crippen MR) is 104 cm³/mol. The highest BCUT2D eigenvalue weighted by molar-refractivity contribution is 5.12. The Balaban J connectivity index is 4.60. The molecule has 3 heteroatoms. The zero-order chi connectivity index (χ0) is 17.7. The van der Waals surface area contributed by atoms with Crippen LogP contribution < -0.4 is 5.32 Å². The monoisotopic (exact) mass is 315 g/mol. The van der Waals surface area contributed by atoms with Crippen LogP contribution in [0.3, 0.4) is 0 Å². The molecule has 128 valence electrons. The van der Waals surface area contributed by atoms with Gasteiger partial charge in [0.2, 0.25) is 0 Å². The maximum atomic E-state index is 4.08. The van der Waals surface area contributed by atoms with Gasteiger partial charge >= 0.3 is 0 Å². The van der Waals surface area contributed by atoms with Crippen molar-refractivity contribution in [2.24, 2.45) is 0 Å². The van der Waals surface area contributed by atoms with Crippen molar-refractivity contribution in [2.45, 2.75) is 19.8 Å². The molecule has 0 spiro atoms. The van der Waals surface area contributed by atoms with Gasteiger partial charge in [0.25, 0.3) is 0 Å². The topological polar surface area (TPSA) is 18.5 Å². The molecule has 0 aliphatic carbocycles. The number of hydrogen-bond donors (Lipinski definition) is 1. The summed E-state index contributed by atoms with van der Waals surface area (Å²) in [6.07, 6.45) is 7.38. The largest absolute Gasteiger partial charge is 0.387 e. The fourth-order valence-corrected chi connectivity index (χ4v) is 2.04. The van der Waals surface area contributed by atoms with E-state index < -0.39 is 0 Å². The predicted octanol–water partition coefficient (Wildman–Crippen LogP) is 4.08. The second kappa shape index (κ2) is 12.4. The van der Waals surface area contributed by atoms with E-state index in [0.717, 1.165) is 62.7 Å². The second-order valence-corrected chi connectivity index (χ2v) is 5.33. The molecular formula is C20H33N3. The van der Waals surface area contributed by atoms with Crippen molar-refractivity contribution >= 4 is 0 Å². The Bertz CT molecular complexity index is 434. The lowest BCUT2D eigenvalue weighted by atomic mass is 10.3. The number of allylic oxidation sites excluding steroid dienone is 3. The van der Waals surface area contributed by atoms with Crippen molar-refractivity contribution in [3.63, 3.8) is 0 Å². The molecule has 0 heterocycles. The van der Waals surface area contributed by atoms with E-state index in [0.29, 0.717) is 0 Å². The van der Waals surface area contributed by atoms with Gasteiger partial charge in [0.1, 0.15) is 0 Å². The highest BCUT2D eigenvalue weighted by atomic mass is 15.2. The quantitative estimate of drug-likeness (QED) is 0.363. The Morgan fingerprint density at radius 1 is 0.870 bits per heavy atom. The molecule has 0 aromatic carbocycles. The molecule has 0 saturated heterocycles. The minimum Gasteiger partial charge on any atom is -0.387 e. The first-order chi connectivity index (χ1) is 11.0. The standard InChI is InChI=1S/C20H33N3/c1-8-12-14-22(19(6)10-3)16-17-23(20(7)11-4)15-13-21-18(5)9-2/h8,10-11,21H,1,3-7,9,12-17H2,2H3. The van der Waals surface area contributed by atoms with E-state index in [2.05, 4.69) is 61.5 Å². The van der Waals surface area contributed by atoms with Gasteiger partial charge in [0.05, 0.1) is 0 Å². The number of rotatable bonds is 15. The normalized spacial score (nSPS) is 9.61. The molecule has 0 amide bonds. The third-order valence-electron chi connectivity index (χ3n) is 3.71. The van der Waals surface area contributed by atoms with Crippen LogP contribution in [0.1, 0.15) is 19.8 Å². The lowest BCUT2D eigenvalue weighted by Crippen LogP contribution is -2.37. The van der Waals surface area contributed by atoms with Crippen molar-refractivity contribution < 1.29 is 0 Å². The molecule has 3 nitrogen and oxygen atoms in total. The van der Waals surface area contributed by atoms with Crippen LogP contribution in [-0.2, 0) is 0 Å². The SMILES string of the molecule is C=CCCN(CCN(CCNC(=C)CC)C(=C)C=C)C(=C)C=C. The average Bonchev–Trinajstić information content (AvgIpc) is 2.58. The Morgan fingerprint density at radius 3 is 1.83 bits per heavy atom. The van der Waals surface area contributed by atoms with Crippen LogP contribution in [0, 0.1) is 0 Å². The lowest BCUT2D eigenvalue weighted by Gasteiger charge is -2.31. The second-order valence-electron chi connectivity index (χ2n) is 5.33. The van der Waals surface area contributed by atoms with Crippen LogP contribution in [0.5, 0.6) is 0 Å². The zero-order valence-corrected chi connectivity index (χ0v) is 14.8. The molecule has 0 aromatic rings. The molecule has 0 unspecified atom stereocenters. The Labute approximate surface area is 143 Å². The third-order valence-corrected chi connectivity index (χ3v) is 3.71. The Morgan fingerprint density at radius 2 is 1.39 bits per heavy atom. The van der Waals surface area contributed by atoms with Crippen molar-refractivity contribution in [2.75, 3.05) is 32.7 Å². The first-order valence-corrected chi connectivity index (χ1v) is 8.15. The maximum Gasteiger partial charge on any atom is 0.0354 e. The smallest absolute Gasteiger partial charge is 0.0354 e. The van der Waals surface area contributed by atoms with Crippen LogP contribution in [0.2, 0.25) is 0 Å². The van der Waals surface area contributed by atoms with E-state index in [-0.39, 0.29) is 0 Å². The third kappa shape index (κ3) is 8.77. The zero-order valence-electron chi connectivity index (χ0n) is 14.8. The molecular weight excluding hydrogens is 282 g/mol. The van der Waals surface area contributed by atoms with Crippen LogP contribution in [0.15, 0.2) is 74.8 Å². The maximum absolute atomic E-state index is 4.08. The fraction of sp³-hybridized carbons (Fsp3) is 0.400. The Kier molecular flexibility index (Phi) is 11.2. The summed E-state index contributed by atoms with van der Waals surface area (Å²) in [7, 11) is 0. The van der Waals surface area contributed by atoms with Crippen LogP contribution in [0.25, 0.3) is 0 Å². The summed E-state index contributed by atoms with van der Waals surface area (Å²) in [4.78, 5) is 4.44. The van der Waals surface area contributed by atoms with E-state index in [4.69, 9.17) is 0 Å². The van der Waals surface area contributed by atoms with Crippen molar-refractivity contribution in [1.29, 1.82) is 0 Å². The van der Waals surface area contributed by atoms with Gasteiger partial charge in [0.15, 0.2) is 0 Å². The van der Waals surface area contributed by atoms with E-state index in [9.17, 15) is 0 Å². The first-order valence-electron chi connectivity index (χ1n) is 8.15. The van der Waals surface area contributed by atoms with Gasteiger partial charge in [-0.3, -0.25) is 0 Å².